The Balaban J connectivity index is 3.50. The molecule has 0 fully saturated rings. The Labute approximate surface area is 136 Å². The van der Waals surface area contributed by atoms with Crippen LogP contribution < -0.4 is 10.6 Å². The van der Waals surface area contributed by atoms with Gasteiger partial charge in [-0.1, -0.05) is 20.1 Å². The summed E-state index contributed by atoms with van der Waals surface area (Å²) in [6.07, 6.45) is 1.24. The zero-order chi connectivity index (χ0) is 17.9. The van der Waals surface area contributed by atoms with Gasteiger partial charge in [0.05, 0.1) is 4.91 Å². The average molecular weight is 342 g/mol. The van der Waals surface area contributed by atoms with E-state index < -0.39 is 28.3 Å². The summed E-state index contributed by atoms with van der Waals surface area (Å²) in [7, 11) is -4.50. The molecule has 0 aromatic heterocycles. The second kappa shape index (κ2) is 7.22. The van der Waals surface area contributed by atoms with Crippen molar-refractivity contribution in [3.8, 4) is 0 Å². The molecule has 1 rings (SSSR count). The first-order chi connectivity index (χ1) is 10.5. The molecule has 7 nitrogen and oxygen atoms in total. The van der Waals surface area contributed by atoms with Gasteiger partial charge in [-0.25, -0.2) is 0 Å². The van der Waals surface area contributed by atoms with Crippen molar-refractivity contribution in [3.63, 3.8) is 0 Å². The minimum absolute atomic E-state index is 0.249. The maximum atomic E-state index is 11.7. The molecule has 128 valence electrons. The number of carbonyl (C=O) groups is 1. The second-order valence-electron chi connectivity index (χ2n) is 5.33. The smallest absolute Gasteiger partial charge is 0.294 e. The van der Waals surface area contributed by atoms with E-state index in [-0.39, 0.29) is 16.4 Å². The number of rotatable bonds is 6. The van der Waals surface area contributed by atoms with Crippen molar-refractivity contribution >= 4 is 16.0 Å². The number of aliphatic hydroxyl groups excluding tert-OH is 1. The highest BCUT2D eigenvalue weighted by Gasteiger charge is 2.36. The summed E-state index contributed by atoms with van der Waals surface area (Å²) in [5.41, 5.74) is 0.927. The zero-order valence-corrected chi connectivity index (χ0v) is 14.1. The lowest BCUT2D eigenvalue weighted by atomic mass is 9.84. The quantitative estimate of drug-likeness (QED) is 0.246. The number of hydrogen-bond acceptors (Lipinski definition) is 5. The van der Waals surface area contributed by atoms with Gasteiger partial charge in [0.25, 0.3) is 10.1 Å². The maximum Gasteiger partial charge on any atom is 0.294 e. The number of amides is 1. The molecule has 0 aliphatic heterocycles. The lowest BCUT2D eigenvalue weighted by Crippen LogP contribution is -2.47. The molecule has 0 bridgehead atoms. The van der Waals surface area contributed by atoms with Crippen LogP contribution in [0.3, 0.4) is 0 Å². The van der Waals surface area contributed by atoms with Crippen LogP contribution in [-0.2, 0) is 14.9 Å². The summed E-state index contributed by atoms with van der Waals surface area (Å²) >= 11 is 0. The van der Waals surface area contributed by atoms with Crippen LogP contribution >= 0.6 is 0 Å². The minimum Gasteiger partial charge on any atom is -0.375 e. The number of carbonyl (C=O) groups excluding carboxylic acids is 1. The predicted octanol–water partition coefficient (Wildman–Crippen LogP) is 0.837. The standard InChI is InChI=1S/C15H22N2O5S/c1-6-11(18)16-13-8(3)14(17-12(19)7-2)10(5)15(9(13)4)23(20,21)22/h6-8,11,13,16,18H,1-2H2,3-5H3,(H,17,19)(H,20,21,22). The van der Waals surface area contributed by atoms with E-state index in [2.05, 4.69) is 23.8 Å². The maximum absolute atomic E-state index is 11.7. The Hall–Kier alpha value is -1.74. The average Bonchev–Trinajstić information content (AvgIpc) is 2.45. The molecule has 0 saturated heterocycles. The molecular formula is C15H22N2O5S. The lowest BCUT2D eigenvalue weighted by molar-refractivity contribution is -0.116. The summed E-state index contributed by atoms with van der Waals surface area (Å²) < 4.78 is 33.0. The molecule has 0 aromatic rings. The lowest BCUT2D eigenvalue weighted by Gasteiger charge is -2.35. The van der Waals surface area contributed by atoms with Crippen LogP contribution in [0.25, 0.3) is 0 Å². The monoisotopic (exact) mass is 342 g/mol. The van der Waals surface area contributed by atoms with E-state index in [4.69, 9.17) is 0 Å². The molecule has 23 heavy (non-hydrogen) atoms. The third kappa shape index (κ3) is 4.17. The first kappa shape index (κ1) is 19.3. The van der Waals surface area contributed by atoms with Gasteiger partial charge in [-0.05, 0) is 37.1 Å². The fourth-order valence-electron chi connectivity index (χ4n) is 2.75. The van der Waals surface area contributed by atoms with Gasteiger partial charge in [0.15, 0.2) is 0 Å². The van der Waals surface area contributed by atoms with E-state index in [0.29, 0.717) is 11.3 Å². The highest BCUT2D eigenvalue weighted by atomic mass is 32.2. The normalized spacial score (nSPS) is 23.5. The minimum atomic E-state index is -4.50. The summed E-state index contributed by atoms with van der Waals surface area (Å²) in [5.74, 6) is -0.859. The van der Waals surface area contributed by atoms with E-state index in [1.165, 1.54) is 13.0 Å². The highest BCUT2D eigenvalue weighted by Crippen LogP contribution is 2.35. The predicted molar refractivity (Wildman–Crippen MR) is 87.6 cm³/mol. The van der Waals surface area contributed by atoms with Crippen LogP contribution in [0.1, 0.15) is 20.8 Å². The first-order valence-electron chi connectivity index (χ1n) is 6.94. The molecule has 0 heterocycles. The Morgan fingerprint density at radius 2 is 1.91 bits per heavy atom. The van der Waals surface area contributed by atoms with Crippen molar-refractivity contribution in [2.75, 3.05) is 0 Å². The second-order valence-corrected chi connectivity index (χ2v) is 6.69. The Morgan fingerprint density at radius 3 is 2.35 bits per heavy atom. The van der Waals surface area contributed by atoms with Gasteiger partial charge < -0.3 is 10.4 Å². The van der Waals surface area contributed by atoms with E-state index >= 15 is 0 Å². The molecule has 1 aliphatic rings. The molecule has 1 aliphatic carbocycles. The van der Waals surface area contributed by atoms with Crippen molar-refractivity contribution in [2.45, 2.75) is 33.0 Å². The number of allylic oxidation sites excluding steroid dienone is 1. The molecule has 0 aromatic carbocycles. The molecule has 4 N–H and O–H groups in total. The topological polar surface area (TPSA) is 116 Å². The number of nitrogens with one attached hydrogen (secondary N) is 2. The van der Waals surface area contributed by atoms with Crippen LogP contribution in [0.4, 0.5) is 0 Å². The fraction of sp³-hybridized carbons (Fsp3) is 0.400. The van der Waals surface area contributed by atoms with Crippen LogP contribution in [0, 0.1) is 5.92 Å². The summed E-state index contributed by atoms with van der Waals surface area (Å²) in [5, 5.41) is 15.1. The van der Waals surface area contributed by atoms with Gasteiger partial charge in [-0.3, -0.25) is 14.7 Å². The van der Waals surface area contributed by atoms with E-state index in [9.17, 15) is 22.9 Å². The number of hydrogen-bond donors (Lipinski definition) is 4. The van der Waals surface area contributed by atoms with Crippen molar-refractivity contribution in [1.82, 2.24) is 10.6 Å². The van der Waals surface area contributed by atoms with Gasteiger partial charge in [0, 0.05) is 17.7 Å². The number of aliphatic hydroxyl groups is 1. The third-order valence-electron chi connectivity index (χ3n) is 3.80. The van der Waals surface area contributed by atoms with Gasteiger partial charge in [0.2, 0.25) is 5.91 Å². The van der Waals surface area contributed by atoms with Gasteiger partial charge >= 0.3 is 0 Å². The molecule has 8 heteroatoms. The van der Waals surface area contributed by atoms with Crippen LogP contribution in [0.5, 0.6) is 0 Å². The van der Waals surface area contributed by atoms with Crippen molar-refractivity contribution in [1.29, 1.82) is 0 Å². The van der Waals surface area contributed by atoms with Gasteiger partial charge in [0.1, 0.15) is 6.23 Å². The van der Waals surface area contributed by atoms with Gasteiger partial charge in [-0.2, -0.15) is 8.42 Å². The molecule has 1 amide bonds. The van der Waals surface area contributed by atoms with Crippen LogP contribution in [0.15, 0.2) is 47.1 Å². The van der Waals surface area contributed by atoms with E-state index in [1.807, 2.05) is 0 Å². The molecular weight excluding hydrogens is 320 g/mol. The third-order valence-corrected chi connectivity index (χ3v) is 4.94. The fourth-order valence-corrected chi connectivity index (χ4v) is 3.78. The van der Waals surface area contributed by atoms with Crippen molar-refractivity contribution in [3.05, 3.63) is 47.1 Å². The SMILES string of the molecule is C=CC(=O)NC1=C(C)C(S(=O)(=O)O)=C(C)C(NC(O)C=C)C1C. The van der Waals surface area contributed by atoms with Crippen LogP contribution in [-0.4, -0.2) is 36.3 Å². The highest BCUT2D eigenvalue weighted by molar-refractivity contribution is 7.90. The van der Waals surface area contributed by atoms with Gasteiger partial charge in [-0.15, -0.1) is 0 Å². The molecule has 0 radical (unpaired) electrons. The largest absolute Gasteiger partial charge is 0.375 e. The molecule has 0 saturated carbocycles. The van der Waals surface area contributed by atoms with Crippen LogP contribution in [0.2, 0.25) is 0 Å². The van der Waals surface area contributed by atoms with E-state index in [1.54, 1.807) is 13.8 Å². The Kier molecular flexibility index (Phi) is 6.06. The first-order valence-corrected chi connectivity index (χ1v) is 8.38. The summed E-state index contributed by atoms with van der Waals surface area (Å²) in [6.45, 7) is 11.6. The summed E-state index contributed by atoms with van der Waals surface area (Å²) in [4.78, 5) is 11.3. The molecule has 3 unspecified atom stereocenters. The Bertz CT molecular complexity index is 691. The Morgan fingerprint density at radius 1 is 1.35 bits per heavy atom. The summed E-state index contributed by atoms with van der Waals surface area (Å²) in [6, 6.07) is -0.622. The molecule has 3 atom stereocenters. The zero-order valence-electron chi connectivity index (χ0n) is 13.3. The van der Waals surface area contributed by atoms with E-state index in [0.717, 1.165) is 6.08 Å². The molecule has 0 spiro atoms. The van der Waals surface area contributed by atoms with Crippen molar-refractivity contribution in [2.24, 2.45) is 5.92 Å². The van der Waals surface area contributed by atoms with Crippen molar-refractivity contribution < 1.29 is 22.9 Å².